The first-order chi connectivity index (χ1) is 7.65. The van der Waals surface area contributed by atoms with Crippen LogP contribution in [0.1, 0.15) is 12.6 Å². The lowest BCUT2D eigenvalue weighted by Crippen LogP contribution is -2.34. The average molecular weight is 222 g/mol. The van der Waals surface area contributed by atoms with Crippen molar-refractivity contribution < 1.29 is 14.3 Å². The van der Waals surface area contributed by atoms with Crippen LogP contribution in [0.15, 0.2) is 24.4 Å². The van der Waals surface area contributed by atoms with E-state index in [0.717, 1.165) is 5.69 Å². The molecule has 0 spiro atoms. The molecule has 0 saturated heterocycles. The van der Waals surface area contributed by atoms with Crippen molar-refractivity contribution >= 4 is 11.9 Å². The van der Waals surface area contributed by atoms with Gasteiger partial charge in [-0.3, -0.25) is 9.78 Å². The first-order valence-electron chi connectivity index (χ1n) is 4.97. The zero-order valence-electron chi connectivity index (χ0n) is 9.34. The third-order valence-corrected chi connectivity index (χ3v) is 1.92. The summed E-state index contributed by atoms with van der Waals surface area (Å²) in [5.41, 5.74) is 0.725. The molecule has 0 fully saturated rings. The van der Waals surface area contributed by atoms with Gasteiger partial charge in [-0.05, 0) is 19.1 Å². The Hall–Kier alpha value is -1.91. The highest BCUT2D eigenvalue weighted by molar-refractivity contribution is 6.32. The molecule has 1 aromatic rings. The number of hydrogen-bond acceptors (Lipinski definition) is 4. The molecule has 16 heavy (non-hydrogen) atoms. The minimum Gasteiger partial charge on any atom is -0.459 e. The number of ether oxygens (including phenoxy) is 1. The van der Waals surface area contributed by atoms with E-state index >= 15 is 0 Å². The van der Waals surface area contributed by atoms with Crippen LogP contribution in [0.2, 0.25) is 0 Å². The van der Waals surface area contributed by atoms with Crippen molar-refractivity contribution in [2.24, 2.45) is 0 Å². The van der Waals surface area contributed by atoms with Crippen LogP contribution in [0.4, 0.5) is 0 Å². The molecule has 0 unspecified atom stereocenters. The lowest BCUT2D eigenvalue weighted by Gasteiger charge is -2.15. The van der Waals surface area contributed by atoms with Gasteiger partial charge in [-0.2, -0.15) is 0 Å². The average Bonchev–Trinajstić information content (AvgIpc) is 2.29. The normalized spacial score (nSPS) is 9.62. The third kappa shape index (κ3) is 3.34. The maximum absolute atomic E-state index is 11.5. The van der Waals surface area contributed by atoms with Crippen LogP contribution in [-0.2, 0) is 20.9 Å². The summed E-state index contributed by atoms with van der Waals surface area (Å²) in [6.45, 7) is 2.14. The SMILES string of the molecule is CCOC(=O)C(=O)N(C)Cc1ccccn1. The molecular formula is C11H14N2O3. The summed E-state index contributed by atoms with van der Waals surface area (Å²) < 4.78 is 4.61. The van der Waals surface area contributed by atoms with Crippen molar-refractivity contribution in [3.63, 3.8) is 0 Å². The van der Waals surface area contributed by atoms with E-state index < -0.39 is 11.9 Å². The summed E-state index contributed by atoms with van der Waals surface area (Å²) in [5.74, 6) is -1.49. The number of rotatable bonds is 3. The Balaban J connectivity index is 2.55. The zero-order chi connectivity index (χ0) is 12.0. The number of nitrogens with zero attached hydrogens (tertiary/aromatic N) is 2. The van der Waals surface area contributed by atoms with Crippen LogP contribution in [0, 0.1) is 0 Å². The molecule has 0 N–H and O–H groups in total. The highest BCUT2D eigenvalue weighted by Gasteiger charge is 2.19. The van der Waals surface area contributed by atoms with Gasteiger partial charge in [0.15, 0.2) is 0 Å². The summed E-state index contributed by atoms with van der Waals surface area (Å²) in [5, 5.41) is 0. The molecule has 1 aromatic heterocycles. The maximum atomic E-state index is 11.5. The maximum Gasteiger partial charge on any atom is 0.397 e. The minimum atomic E-state index is -0.832. The Morgan fingerprint density at radius 2 is 2.19 bits per heavy atom. The lowest BCUT2D eigenvalue weighted by atomic mass is 10.3. The van der Waals surface area contributed by atoms with Crippen LogP contribution >= 0.6 is 0 Å². The van der Waals surface area contributed by atoms with Gasteiger partial charge >= 0.3 is 11.9 Å². The number of hydrogen-bond donors (Lipinski definition) is 0. The van der Waals surface area contributed by atoms with Crippen molar-refractivity contribution in [2.45, 2.75) is 13.5 Å². The van der Waals surface area contributed by atoms with Crippen LogP contribution in [0.3, 0.4) is 0 Å². The Morgan fingerprint density at radius 3 is 2.75 bits per heavy atom. The van der Waals surface area contributed by atoms with Crippen molar-refractivity contribution in [3.8, 4) is 0 Å². The number of amides is 1. The molecule has 0 aliphatic carbocycles. The number of esters is 1. The van der Waals surface area contributed by atoms with Crippen LogP contribution in [0.25, 0.3) is 0 Å². The molecular weight excluding hydrogens is 208 g/mol. The van der Waals surface area contributed by atoms with Crippen molar-refractivity contribution in [2.75, 3.05) is 13.7 Å². The number of pyridine rings is 1. The quantitative estimate of drug-likeness (QED) is 0.555. The monoisotopic (exact) mass is 222 g/mol. The van der Waals surface area contributed by atoms with E-state index in [2.05, 4.69) is 9.72 Å². The highest BCUT2D eigenvalue weighted by Crippen LogP contribution is 1.99. The van der Waals surface area contributed by atoms with Gasteiger partial charge in [0.05, 0.1) is 18.8 Å². The Morgan fingerprint density at radius 1 is 1.44 bits per heavy atom. The Kier molecular flexibility index (Phi) is 4.44. The summed E-state index contributed by atoms with van der Waals surface area (Å²) in [7, 11) is 1.54. The van der Waals surface area contributed by atoms with E-state index in [1.165, 1.54) is 11.9 Å². The fourth-order valence-corrected chi connectivity index (χ4v) is 1.16. The van der Waals surface area contributed by atoms with E-state index in [4.69, 9.17) is 0 Å². The van der Waals surface area contributed by atoms with Gasteiger partial charge in [-0.25, -0.2) is 4.79 Å². The molecule has 0 aliphatic heterocycles. The smallest absolute Gasteiger partial charge is 0.397 e. The molecule has 0 bridgehead atoms. The number of aromatic nitrogens is 1. The summed E-state index contributed by atoms with van der Waals surface area (Å²) in [6, 6.07) is 5.40. The Labute approximate surface area is 94.0 Å². The van der Waals surface area contributed by atoms with Crippen LogP contribution in [0.5, 0.6) is 0 Å². The van der Waals surface area contributed by atoms with Gasteiger partial charge in [-0.15, -0.1) is 0 Å². The van der Waals surface area contributed by atoms with E-state index in [9.17, 15) is 9.59 Å². The number of carbonyl (C=O) groups is 2. The van der Waals surface area contributed by atoms with Crippen LogP contribution < -0.4 is 0 Å². The second kappa shape index (κ2) is 5.85. The van der Waals surface area contributed by atoms with E-state index in [1.807, 2.05) is 6.07 Å². The first-order valence-corrected chi connectivity index (χ1v) is 4.97. The Bertz CT molecular complexity index is 365. The molecule has 0 aliphatic rings. The van der Waals surface area contributed by atoms with Crippen molar-refractivity contribution in [1.82, 2.24) is 9.88 Å². The lowest BCUT2D eigenvalue weighted by molar-refractivity contribution is -0.159. The van der Waals surface area contributed by atoms with Crippen LogP contribution in [-0.4, -0.2) is 35.4 Å². The molecule has 86 valence electrons. The fraction of sp³-hybridized carbons (Fsp3) is 0.364. The molecule has 5 heteroatoms. The second-order valence-corrected chi connectivity index (χ2v) is 3.20. The molecule has 0 radical (unpaired) electrons. The fourth-order valence-electron chi connectivity index (χ4n) is 1.16. The van der Waals surface area contributed by atoms with Gasteiger partial charge in [0.1, 0.15) is 0 Å². The van der Waals surface area contributed by atoms with E-state index in [-0.39, 0.29) is 6.61 Å². The predicted octanol–water partition coefficient (Wildman–Crippen LogP) is 0.603. The van der Waals surface area contributed by atoms with Gasteiger partial charge in [0.25, 0.3) is 0 Å². The summed E-state index contributed by atoms with van der Waals surface area (Å²) in [4.78, 5) is 27.9. The molecule has 5 nitrogen and oxygen atoms in total. The topological polar surface area (TPSA) is 59.5 Å². The number of carbonyl (C=O) groups excluding carboxylic acids is 2. The molecule has 1 amide bonds. The van der Waals surface area contributed by atoms with Gasteiger partial charge in [0, 0.05) is 13.2 Å². The largest absolute Gasteiger partial charge is 0.459 e. The summed E-state index contributed by atoms with van der Waals surface area (Å²) in [6.07, 6.45) is 1.64. The van der Waals surface area contributed by atoms with Gasteiger partial charge in [-0.1, -0.05) is 6.07 Å². The molecule has 0 atom stereocenters. The minimum absolute atomic E-state index is 0.196. The number of likely N-dealkylation sites (N-methyl/N-ethyl adjacent to an activating group) is 1. The van der Waals surface area contributed by atoms with Gasteiger partial charge in [0.2, 0.25) is 0 Å². The van der Waals surface area contributed by atoms with Crippen molar-refractivity contribution in [3.05, 3.63) is 30.1 Å². The molecule has 0 aromatic carbocycles. The standard InChI is InChI=1S/C11H14N2O3/c1-3-16-11(15)10(14)13(2)8-9-6-4-5-7-12-9/h4-7H,3,8H2,1-2H3. The molecule has 1 rings (SSSR count). The molecule has 1 heterocycles. The van der Waals surface area contributed by atoms with E-state index in [1.54, 1.807) is 25.3 Å². The summed E-state index contributed by atoms with van der Waals surface area (Å²) >= 11 is 0. The first kappa shape index (κ1) is 12.2. The zero-order valence-corrected chi connectivity index (χ0v) is 9.34. The van der Waals surface area contributed by atoms with Gasteiger partial charge < -0.3 is 9.64 Å². The highest BCUT2D eigenvalue weighted by atomic mass is 16.5. The van der Waals surface area contributed by atoms with Crippen molar-refractivity contribution in [1.29, 1.82) is 0 Å². The molecule has 0 saturated carbocycles. The third-order valence-electron chi connectivity index (χ3n) is 1.92. The second-order valence-electron chi connectivity index (χ2n) is 3.20. The predicted molar refractivity (Wildman–Crippen MR) is 57.3 cm³/mol. The van der Waals surface area contributed by atoms with E-state index in [0.29, 0.717) is 6.54 Å².